The molecule has 1 fully saturated rings. The maximum atomic E-state index is 9.32. The van der Waals surface area contributed by atoms with Crippen LogP contribution in [0.1, 0.15) is 33.1 Å². The van der Waals surface area contributed by atoms with E-state index in [-0.39, 0.29) is 0 Å². The molecule has 1 rings (SSSR count). The number of hydrogen-bond donors (Lipinski definition) is 1. The van der Waals surface area contributed by atoms with Gasteiger partial charge in [-0.2, -0.15) is 0 Å². The average molecular weight is 243 g/mol. The van der Waals surface area contributed by atoms with Crippen LogP contribution >= 0.6 is 0 Å². The Hall–Kier alpha value is -0.120. The molecule has 3 nitrogen and oxygen atoms in total. The zero-order chi connectivity index (χ0) is 12.7. The van der Waals surface area contributed by atoms with E-state index in [2.05, 4.69) is 25.8 Å². The second-order valence-corrected chi connectivity index (χ2v) is 5.79. The predicted octanol–water partition coefficient (Wildman–Crippen LogP) is 2.00. The number of ether oxygens (including phenoxy) is 1. The summed E-state index contributed by atoms with van der Waals surface area (Å²) in [6.45, 7) is 8.73. The van der Waals surface area contributed by atoms with Crippen molar-refractivity contribution in [2.75, 3.05) is 40.0 Å². The molecule has 0 aromatic carbocycles. The number of aliphatic hydroxyl groups excluding tert-OH is 1. The van der Waals surface area contributed by atoms with Gasteiger partial charge in [0.1, 0.15) is 0 Å². The van der Waals surface area contributed by atoms with Gasteiger partial charge in [-0.3, -0.25) is 0 Å². The van der Waals surface area contributed by atoms with Crippen molar-refractivity contribution in [2.24, 2.45) is 17.8 Å². The van der Waals surface area contributed by atoms with Crippen LogP contribution in [0.2, 0.25) is 0 Å². The molecule has 0 spiro atoms. The van der Waals surface area contributed by atoms with Crippen molar-refractivity contribution in [3.8, 4) is 0 Å². The summed E-state index contributed by atoms with van der Waals surface area (Å²) in [4.78, 5) is 2.37. The van der Waals surface area contributed by atoms with Crippen LogP contribution in [0.4, 0.5) is 0 Å². The summed E-state index contributed by atoms with van der Waals surface area (Å²) in [5.74, 6) is 1.82. The van der Waals surface area contributed by atoms with Gasteiger partial charge in [0.25, 0.3) is 0 Å². The minimum Gasteiger partial charge on any atom is -0.396 e. The molecule has 1 aliphatic heterocycles. The van der Waals surface area contributed by atoms with E-state index in [4.69, 9.17) is 4.74 Å². The summed E-state index contributed by atoms with van der Waals surface area (Å²) in [6, 6.07) is 0. The van der Waals surface area contributed by atoms with Gasteiger partial charge in [-0.05, 0) is 50.6 Å². The van der Waals surface area contributed by atoms with E-state index in [1.54, 1.807) is 0 Å². The number of hydrogen-bond acceptors (Lipinski definition) is 3. The fraction of sp³-hybridized carbons (Fsp3) is 1.00. The normalized spacial score (nSPS) is 20.1. The molecule has 1 aliphatic rings. The van der Waals surface area contributed by atoms with Gasteiger partial charge in [-0.1, -0.05) is 13.8 Å². The van der Waals surface area contributed by atoms with Crippen molar-refractivity contribution in [2.45, 2.75) is 33.1 Å². The Balaban J connectivity index is 2.17. The lowest BCUT2D eigenvalue weighted by molar-refractivity contribution is 0.0593. The van der Waals surface area contributed by atoms with Gasteiger partial charge in [0.15, 0.2) is 0 Å². The molecule has 1 unspecified atom stereocenters. The molecule has 1 heterocycles. The van der Waals surface area contributed by atoms with Crippen LogP contribution in [-0.4, -0.2) is 50.0 Å². The predicted molar refractivity (Wildman–Crippen MR) is 71.1 cm³/mol. The molecule has 0 aliphatic carbocycles. The van der Waals surface area contributed by atoms with E-state index < -0.39 is 0 Å². The van der Waals surface area contributed by atoms with Crippen molar-refractivity contribution in [3.05, 3.63) is 0 Å². The second-order valence-electron chi connectivity index (χ2n) is 5.79. The third kappa shape index (κ3) is 5.84. The molecule has 17 heavy (non-hydrogen) atoms. The molecule has 0 amide bonds. The van der Waals surface area contributed by atoms with Crippen LogP contribution in [0.25, 0.3) is 0 Å². The fourth-order valence-corrected chi connectivity index (χ4v) is 2.41. The molecule has 0 radical (unpaired) electrons. The summed E-state index contributed by atoms with van der Waals surface area (Å²) in [7, 11) is 2.17. The first kappa shape index (κ1) is 14.9. The minimum atomic E-state index is 0.305. The quantitative estimate of drug-likeness (QED) is 0.742. The first-order chi connectivity index (χ1) is 8.13. The highest BCUT2D eigenvalue weighted by Gasteiger charge is 2.17. The van der Waals surface area contributed by atoms with Crippen LogP contribution in [-0.2, 0) is 4.74 Å². The molecular formula is C14H29NO2. The summed E-state index contributed by atoms with van der Waals surface area (Å²) in [5.41, 5.74) is 0. The Morgan fingerprint density at radius 2 is 1.94 bits per heavy atom. The van der Waals surface area contributed by atoms with Crippen LogP contribution in [0.3, 0.4) is 0 Å². The molecule has 0 saturated carbocycles. The number of nitrogens with zero attached hydrogens (tertiary/aromatic N) is 1. The van der Waals surface area contributed by atoms with Gasteiger partial charge in [-0.15, -0.1) is 0 Å². The van der Waals surface area contributed by atoms with Gasteiger partial charge < -0.3 is 14.7 Å². The fourth-order valence-electron chi connectivity index (χ4n) is 2.41. The van der Waals surface area contributed by atoms with E-state index in [1.165, 1.54) is 19.3 Å². The van der Waals surface area contributed by atoms with E-state index >= 15 is 0 Å². The Labute approximate surface area is 106 Å². The van der Waals surface area contributed by atoms with Crippen molar-refractivity contribution < 1.29 is 9.84 Å². The maximum absolute atomic E-state index is 9.32. The topological polar surface area (TPSA) is 32.7 Å². The van der Waals surface area contributed by atoms with Gasteiger partial charge in [0.2, 0.25) is 0 Å². The highest BCUT2D eigenvalue weighted by molar-refractivity contribution is 4.69. The Bertz CT molecular complexity index is 191. The third-order valence-electron chi connectivity index (χ3n) is 3.98. The van der Waals surface area contributed by atoms with E-state index in [0.29, 0.717) is 18.4 Å². The van der Waals surface area contributed by atoms with E-state index in [9.17, 15) is 5.11 Å². The monoisotopic (exact) mass is 243 g/mol. The van der Waals surface area contributed by atoms with Crippen molar-refractivity contribution in [1.29, 1.82) is 0 Å². The highest BCUT2D eigenvalue weighted by atomic mass is 16.5. The zero-order valence-electron chi connectivity index (χ0n) is 11.7. The smallest absolute Gasteiger partial charge is 0.0473 e. The molecular weight excluding hydrogens is 214 g/mol. The number of aliphatic hydroxyl groups is 1. The summed E-state index contributed by atoms with van der Waals surface area (Å²) in [6.07, 6.45) is 3.72. The second kappa shape index (κ2) is 8.06. The van der Waals surface area contributed by atoms with Crippen LogP contribution in [0, 0.1) is 17.8 Å². The van der Waals surface area contributed by atoms with Crippen molar-refractivity contribution in [1.82, 2.24) is 4.90 Å². The molecule has 1 saturated heterocycles. The first-order valence-corrected chi connectivity index (χ1v) is 7.00. The van der Waals surface area contributed by atoms with Gasteiger partial charge in [0.05, 0.1) is 0 Å². The lowest BCUT2D eigenvalue weighted by Gasteiger charge is -2.28. The molecule has 102 valence electrons. The van der Waals surface area contributed by atoms with Gasteiger partial charge in [-0.25, -0.2) is 0 Å². The Morgan fingerprint density at radius 3 is 2.47 bits per heavy atom. The van der Waals surface area contributed by atoms with Crippen LogP contribution in [0.5, 0.6) is 0 Å². The van der Waals surface area contributed by atoms with Crippen molar-refractivity contribution >= 4 is 0 Å². The summed E-state index contributed by atoms with van der Waals surface area (Å²) >= 11 is 0. The molecule has 0 bridgehead atoms. The van der Waals surface area contributed by atoms with Gasteiger partial charge >= 0.3 is 0 Å². The third-order valence-corrected chi connectivity index (χ3v) is 3.98. The Morgan fingerprint density at radius 1 is 1.29 bits per heavy atom. The van der Waals surface area contributed by atoms with E-state index in [0.717, 1.165) is 32.2 Å². The lowest BCUT2D eigenvalue weighted by atomic mass is 9.94. The van der Waals surface area contributed by atoms with Gasteiger partial charge in [0, 0.05) is 26.4 Å². The molecule has 0 aromatic rings. The molecule has 1 N–H and O–H groups in total. The molecule has 3 heteroatoms. The SMILES string of the molecule is CC(C)C(CO)CN(C)CCC1CCOCC1. The highest BCUT2D eigenvalue weighted by Crippen LogP contribution is 2.19. The standard InChI is InChI=1S/C14H29NO2/c1-12(2)14(11-16)10-15(3)7-4-13-5-8-17-9-6-13/h12-14,16H,4-11H2,1-3H3. The van der Waals surface area contributed by atoms with Crippen LogP contribution in [0.15, 0.2) is 0 Å². The molecule has 1 atom stereocenters. The summed E-state index contributed by atoms with van der Waals surface area (Å²) < 4.78 is 5.37. The number of rotatable bonds is 7. The maximum Gasteiger partial charge on any atom is 0.0473 e. The largest absolute Gasteiger partial charge is 0.396 e. The first-order valence-electron chi connectivity index (χ1n) is 7.00. The minimum absolute atomic E-state index is 0.305. The van der Waals surface area contributed by atoms with Crippen LogP contribution < -0.4 is 0 Å². The van der Waals surface area contributed by atoms with E-state index in [1.807, 2.05) is 0 Å². The van der Waals surface area contributed by atoms with Crippen molar-refractivity contribution in [3.63, 3.8) is 0 Å². The Kier molecular flexibility index (Phi) is 7.09. The molecule has 0 aromatic heterocycles. The average Bonchev–Trinajstić information content (AvgIpc) is 2.34. The lowest BCUT2D eigenvalue weighted by Crippen LogP contribution is -2.32. The summed E-state index contributed by atoms with van der Waals surface area (Å²) in [5, 5.41) is 9.32. The zero-order valence-corrected chi connectivity index (χ0v) is 11.7.